The average molecular weight is 466 g/mol. The fraction of sp³-hybridized carbons (Fsp3) is 0.269. The number of carbonyl (C=O) groups excluding carboxylic acids is 3. The summed E-state index contributed by atoms with van der Waals surface area (Å²) in [5, 5.41) is 2.85. The van der Waals surface area contributed by atoms with E-state index >= 15 is 0 Å². The lowest BCUT2D eigenvalue weighted by atomic mass is 9.96. The van der Waals surface area contributed by atoms with Gasteiger partial charge in [-0.3, -0.25) is 9.59 Å². The van der Waals surface area contributed by atoms with Crippen molar-refractivity contribution in [2.45, 2.75) is 33.9 Å². The van der Waals surface area contributed by atoms with Gasteiger partial charge in [-0.1, -0.05) is 63.2 Å². The first-order chi connectivity index (χ1) is 15.7. The number of nitrogens with one attached hydrogen (secondary N) is 1. The predicted octanol–water partition coefficient (Wildman–Crippen LogP) is 5.03. The molecule has 3 rings (SSSR count). The Labute approximate surface area is 197 Å². The molecule has 1 N–H and O–H groups in total. The van der Waals surface area contributed by atoms with Crippen molar-refractivity contribution in [3.63, 3.8) is 0 Å². The van der Waals surface area contributed by atoms with Gasteiger partial charge in [-0.25, -0.2) is 4.79 Å². The molecular formula is C26H27NO5S. The Morgan fingerprint density at radius 2 is 1.61 bits per heavy atom. The minimum absolute atomic E-state index is 0.0640. The van der Waals surface area contributed by atoms with Crippen molar-refractivity contribution >= 4 is 29.0 Å². The molecule has 0 fully saturated rings. The summed E-state index contributed by atoms with van der Waals surface area (Å²) in [5.41, 5.74) is 0.756. The number of esters is 1. The molecule has 1 heterocycles. The third-order valence-electron chi connectivity index (χ3n) is 4.72. The molecular weight excluding hydrogens is 438 g/mol. The zero-order valence-electron chi connectivity index (χ0n) is 18.9. The average Bonchev–Trinajstić information content (AvgIpc) is 3.29. The van der Waals surface area contributed by atoms with E-state index in [9.17, 15) is 14.4 Å². The maximum atomic E-state index is 12.6. The number of thiophene rings is 1. The Kier molecular flexibility index (Phi) is 8.01. The molecule has 0 aliphatic rings. The number of rotatable bonds is 9. The van der Waals surface area contributed by atoms with Gasteiger partial charge in [0, 0.05) is 10.3 Å². The van der Waals surface area contributed by atoms with E-state index in [4.69, 9.17) is 9.47 Å². The fourth-order valence-corrected chi connectivity index (χ4v) is 3.70. The first-order valence-electron chi connectivity index (χ1n) is 10.6. The van der Waals surface area contributed by atoms with E-state index in [2.05, 4.69) is 5.32 Å². The summed E-state index contributed by atoms with van der Waals surface area (Å²) in [6, 6.07) is 19.9. The number of para-hydroxylation sites is 1. The van der Waals surface area contributed by atoms with E-state index < -0.39 is 11.4 Å². The first kappa shape index (κ1) is 24.2. The molecule has 0 saturated carbocycles. The van der Waals surface area contributed by atoms with Crippen LogP contribution in [0.15, 0.2) is 66.7 Å². The highest BCUT2D eigenvalue weighted by atomic mass is 32.1. The van der Waals surface area contributed by atoms with Crippen LogP contribution in [0.25, 0.3) is 0 Å². The molecule has 7 heteroatoms. The minimum Gasteiger partial charge on any atom is -0.488 e. The van der Waals surface area contributed by atoms with Gasteiger partial charge in [-0.2, -0.15) is 0 Å². The Morgan fingerprint density at radius 1 is 0.909 bits per heavy atom. The van der Waals surface area contributed by atoms with E-state index in [1.807, 2.05) is 51.1 Å². The Balaban J connectivity index is 1.54. The second-order valence-electron chi connectivity index (χ2n) is 8.47. The Hall–Kier alpha value is -3.45. The SMILES string of the molecule is CC(C)(C)C(=O)NCc1ccc(C(=O)COC(=O)c2ccccc2OCc2ccccc2)s1. The van der Waals surface area contributed by atoms with Gasteiger partial charge in [-0.15, -0.1) is 11.3 Å². The summed E-state index contributed by atoms with van der Waals surface area (Å²) in [6.07, 6.45) is 0. The topological polar surface area (TPSA) is 81.7 Å². The largest absolute Gasteiger partial charge is 0.488 e. The number of benzene rings is 2. The molecule has 1 amide bonds. The van der Waals surface area contributed by atoms with Gasteiger partial charge in [0.15, 0.2) is 6.61 Å². The van der Waals surface area contributed by atoms with Crippen molar-refractivity contribution in [2.75, 3.05) is 6.61 Å². The maximum absolute atomic E-state index is 12.6. The number of Topliss-reactive ketones (excluding diaryl/α,β-unsaturated/α-hetero) is 1. The highest BCUT2D eigenvalue weighted by Crippen LogP contribution is 2.22. The third-order valence-corrected chi connectivity index (χ3v) is 5.85. The summed E-state index contributed by atoms with van der Waals surface area (Å²) >= 11 is 1.27. The number of hydrogen-bond donors (Lipinski definition) is 1. The van der Waals surface area contributed by atoms with Crippen LogP contribution in [0.2, 0.25) is 0 Å². The lowest BCUT2D eigenvalue weighted by molar-refractivity contribution is -0.128. The van der Waals surface area contributed by atoms with Crippen molar-refractivity contribution in [1.29, 1.82) is 0 Å². The molecule has 0 aliphatic carbocycles. The molecule has 0 unspecified atom stereocenters. The zero-order chi connectivity index (χ0) is 23.8. The highest BCUT2D eigenvalue weighted by Gasteiger charge is 2.21. The van der Waals surface area contributed by atoms with E-state index in [1.165, 1.54) is 11.3 Å². The second-order valence-corrected chi connectivity index (χ2v) is 9.64. The van der Waals surface area contributed by atoms with Crippen molar-refractivity contribution in [3.8, 4) is 5.75 Å². The fourth-order valence-electron chi connectivity index (χ4n) is 2.83. The van der Waals surface area contributed by atoms with Gasteiger partial charge in [0.1, 0.15) is 17.9 Å². The minimum atomic E-state index is -0.624. The van der Waals surface area contributed by atoms with E-state index in [-0.39, 0.29) is 23.9 Å². The van der Waals surface area contributed by atoms with E-state index in [0.717, 1.165) is 10.4 Å². The quantitative estimate of drug-likeness (QED) is 0.354. The third kappa shape index (κ3) is 7.02. The number of amides is 1. The molecule has 3 aromatic rings. The molecule has 172 valence electrons. The first-order valence-corrected chi connectivity index (χ1v) is 11.4. The summed E-state index contributed by atoms with van der Waals surface area (Å²) in [6.45, 7) is 5.80. The lowest BCUT2D eigenvalue weighted by Gasteiger charge is -2.17. The van der Waals surface area contributed by atoms with Crippen molar-refractivity contribution in [3.05, 3.63) is 87.6 Å². The molecule has 0 spiro atoms. The molecule has 33 heavy (non-hydrogen) atoms. The summed E-state index contributed by atoms with van der Waals surface area (Å²) in [4.78, 5) is 38.4. The molecule has 0 saturated heterocycles. The lowest BCUT2D eigenvalue weighted by Crippen LogP contribution is -2.34. The Morgan fingerprint density at radius 3 is 2.33 bits per heavy atom. The number of carbonyl (C=O) groups is 3. The van der Waals surface area contributed by atoms with Crippen molar-refractivity contribution in [1.82, 2.24) is 5.32 Å². The zero-order valence-corrected chi connectivity index (χ0v) is 19.7. The summed E-state index contributed by atoms with van der Waals surface area (Å²) in [5.74, 6) is -0.594. The molecule has 0 aliphatic heterocycles. The Bertz CT molecular complexity index is 1110. The van der Waals surface area contributed by atoms with Gasteiger partial charge in [0.2, 0.25) is 11.7 Å². The van der Waals surface area contributed by atoms with Gasteiger partial charge < -0.3 is 14.8 Å². The summed E-state index contributed by atoms with van der Waals surface area (Å²) in [7, 11) is 0. The van der Waals surface area contributed by atoms with Crippen LogP contribution in [0.4, 0.5) is 0 Å². The smallest absolute Gasteiger partial charge is 0.342 e. The summed E-state index contributed by atoms with van der Waals surface area (Å²) < 4.78 is 11.0. The van der Waals surface area contributed by atoms with E-state index in [1.54, 1.807) is 36.4 Å². The normalized spacial score (nSPS) is 11.0. The second kappa shape index (κ2) is 10.9. The van der Waals surface area contributed by atoms with E-state index in [0.29, 0.717) is 23.8 Å². The molecule has 2 aromatic carbocycles. The molecule has 0 bridgehead atoms. The van der Waals surface area contributed by atoms with Crippen LogP contribution in [0.3, 0.4) is 0 Å². The molecule has 6 nitrogen and oxygen atoms in total. The molecule has 0 radical (unpaired) electrons. The van der Waals surface area contributed by atoms with Crippen LogP contribution in [0.1, 0.15) is 51.2 Å². The van der Waals surface area contributed by atoms with Crippen LogP contribution in [0, 0.1) is 5.41 Å². The monoisotopic (exact) mass is 465 g/mol. The molecule has 1 aromatic heterocycles. The van der Waals surface area contributed by atoms with Gasteiger partial charge >= 0.3 is 5.97 Å². The highest BCUT2D eigenvalue weighted by molar-refractivity contribution is 7.14. The predicted molar refractivity (Wildman–Crippen MR) is 127 cm³/mol. The van der Waals surface area contributed by atoms with Crippen molar-refractivity contribution < 1.29 is 23.9 Å². The van der Waals surface area contributed by atoms with Crippen molar-refractivity contribution in [2.24, 2.45) is 5.41 Å². The van der Waals surface area contributed by atoms with Crippen LogP contribution >= 0.6 is 11.3 Å². The maximum Gasteiger partial charge on any atom is 0.342 e. The van der Waals surface area contributed by atoms with Crippen LogP contribution in [0.5, 0.6) is 5.75 Å². The van der Waals surface area contributed by atoms with Crippen LogP contribution in [-0.4, -0.2) is 24.3 Å². The van der Waals surface area contributed by atoms with Gasteiger partial charge in [-0.05, 0) is 29.8 Å². The standard InChI is InChI=1S/C26H27NO5S/c1-26(2,3)25(30)27-15-19-13-14-23(33-19)21(28)17-32-24(29)20-11-7-8-12-22(20)31-16-18-9-5-4-6-10-18/h4-14H,15-17H2,1-3H3,(H,27,30). The van der Waals surface area contributed by atoms with Gasteiger partial charge in [0.05, 0.1) is 11.4 Å². The number of ketones is 1. The van der Waals surface area contributed by atoms with Crippen LogP contribution < -0.4 is 10.1 Å². The molecule has 0 atom stereocenters. The number of ether oxygens (including phenoxy) is 2. The van der Waals surface area contributed by atoms with Crippen LogP contribution in [-0.2, 0) is 22.7 Å². The van der Waals surface area contributed by atoms with Gasteiger partial charge in [0.25, 0.3) is 0 Å². The number of hydrogen-bond acceptors (Lipinski definition) is 6.